The Hall–Kier alpha value is -4.10. The van der Waals surface area contributed by atoms with Gasteiger partial charge < -0.3 is 0 Å². The Balaban J connectivity index is 2.13. The Morgan fingerprint density at radius 2 is 0.784 bits per heavy atom. The number of nitrogens with zero attached hydrogens (tertiary/aromatic N) is 3. The van der Waals surface area contributed by atoms with Crippen molar-refractivity contribution in [1.82, 2.24) is 0 Å². The Labute approximate surface area is 220 Å². The first-order valence-corrected chi connectivity index (χ1v) is 13.2. The Morgan fingerprint density at radius 1 is 0.514 bits per heavy atom. The quantitative estimate of drug-likeness (QED) is 0.121. The van der Waals surface area contributed by atoms with Crippen LogP contribution in [0.4, 0.5) is 17.1 Å². The molecule has 9 N–H and O–H groups in total. The summed E-state index contributed by atoms with van der Waals surface area (Å²) in [6.45, 7) is 0. The van der Waals surface area contributed by atoms with Crippen LogP contribution in [0.25, 0.3) is 0 Å². The molecule has 0 aliphatic rings. The topological polar surface area (TPSA) is 123 Å². The standard InChI is InChI=1S/C27H36N9P/c1-34(2)25(28)31-19-10-7-13-22(16-19)37(23-14-8-11-20(17-23)32-26(29)35(3)4)24-15-9-12-21(18-24)33-27(30)36(5)6/h7-18H,1-6H3,(H6,28,29,30,31,32,33)/p+3. The zero-order valence-corrected chi connectivity index (χ0v) is 23.3. The van der Waals surface area contributed by atoms with Crippen LogP contribution in [-0.2, 0) is 0 Å². The second kappa shape index (κ2) is 12.2. The summed E-state index contributed by atoms with van der Waals surface area (Å²) in [5.74, 6) is 1.72. The lowest BCUT2D eigenvalue weighted by Gasteiger charge is -2.21. The number of anilines is 3. The molecule has 0 unspecified atom stereocenters. The van der Waals surface area contributed by atoms with Gasteiger partial charge in [0.05, 0.1) is 59.3 Å². The van der Waals surface area contributed by atoms with Crippen molar-refractivity contribution in [1.29, 1.82) is 0 Å². The number of hydrogen-bond donors (Lipinski definition) is 6. The average molecular weight is 521 g/mol. The van der Waals surface area contributed by atoms with Crippen LogP contribution in [0.3, 0.4) is 0 Å². The molecule has 0 aliphatic carbocycles. The Kier molecular flexibility index (Phi) is 9.09. The smallest absolute Gasteiger partial charge is 0.290 e. The van der Waals surface area contributed by atoms with Crippen molar-refractivity contribution in [2.75, 3.05) is 58.2 Å². The first-order valence-electron chi connectivity index (χ1n) is 11.9. The molecule has 194 valence electrons. The summed E-state index contributed by atoms with van der Waals surface area (Å²) in [7, 11) is 10.5. The minimum Gasteiger partial charge on any atom is -0.290 e. The van der Waals surface area contributed by atoms with Crippen LogP contribution >= 0.6 is 7.92 Å². The molecule has 0 saturated heterocycles. The van der Waals surface area contributed by atoms with Crippen LogP contribution in [0.2, 0.25) is 0 Å². The summed E-state index contributed by atoms with van der Waals surface area (Å²) < 4.78 is 5.53. The lowest BCUT2D eigenvalue weighted by Crippen LogP contribution is -2.32. The summed E-state index contributed by atoms with van der Waals surface area (Å²) in [6, 6.07) is 25.1. The number of nitrogens with one attached hydrogen (secondary N) is 3. The van der Waals surface area contributed by atoms with Crippen LogP contribution in [-0.4, -0.2) is 73.9 Å². The third-order valence-electron chi connectivity index (χ3n) is 5.58. The number of benzene rings is 3. The predicted octanol–water partition coefficient (Wildman–Crippen LogP) is 0.441. The summed E-state index contributed by atoms with van der Waals surface area (Å²) in [6.07, 6.45) is 0. The molecule has 37 heavy (non-hydrogen) atoms. The number of hydrogen-bond acceptors (Lipinski definition) is 0. The van der Waals surface area contributed by atoms with E-state index in [0.29, 0.717) is 17.9 Å². The Morgan fingerprint density at radius 3 is 1.03 bits per heavy atom. The van der Waals surface area contributed by atoms with Gasteiger partial charge in [0.1, 0.15) is 0 Å². The molecule has 0 fully saturated rings. The molecule has 3 aromatic rings. The largest absolute Gasteiger partial charge is 0.347 e. The minimum absolute atomic E-state index is 0.572. The average Bonchev–Trinajstić information content (AvgIpc) is 2.84. The first-order chi connectivity index (χ1) is 17.5. The van der Waals surface area contributed by atoms with Crippen LogP contribution < -0.4 is 49.1 Å². The minimum atomic E-state index is -0.927. The molecule has 3 aromatic carbocycles. The van der Waals surface area contributed by atoms with Crippen molar-refractivity contribution in [3.8, 4) is 0 Å². The first kappa shape index (κ1) is 27.5. The maximum Gasteiger partial charge on any atom is 0.347 e. The van der Waals surface area contributed by atoms with Crippen molar-refractivity contribution in [3.05, 3.63) is 72.8 Å². The van der Waals surface area contributed by atoms with Gasteiger partial charge in [-0.25, -0.2) is 16.0 Å². The monoisotopic (exact) mass is 520 g/mol. The van der Waals surface area contributed by atoms with Crippen molar-refractivity contribution < 1.29 is 13.7 Å². The molecule has 0 radical (unpaired) electrons. The van der Waals surface area contributed by atoms with Gasteiger partial charge in [-0.05, 0) is 60.2 Å². The molecule has 0 saturated carbocycles. The van der Waals surface area contributed by atoms with Gasteiger partial charge in [0, 0.05) is 0 Å². The van der Waals surface area contributed by atoms with E-state index in [0.717, 1.165) is 17.1 Å². The lowest BCUT2D eigenvalue weighted by molar-refractivity contribution is -0.465. The van der Waals surface area contributed by atoms with Gasteiger partial charge in [-0.15, -0.1) is 0 Å². The molecule has 3 rings (SSSR count). The van der Waals surface area contributed by atoms with Gasteiger partial charge in [-0.1, -0.05) is 36.4 Å². The number of guanidine groups is 3. The molecule has 9 nitrogen and oxygen atoms in total. The molecule has 0 amide bonds. The highest BCUT2D eigenvalue weighted by Crippen LogP contribution is 2.35. The maximum atomic E-state index is 6.16. The highest BCUT2D eigenvalue weighted by Gasteiger charge is 2.20. The van der Waals surface area contributed by atoms with Crippen LogP contribution in [0.5, 0.6) is 0 Å². The van der Waals surface area contributed by atoms with Crippen molar-refractivity contribution >= 4 is 58.8 Å². The number of nitrogens with two attached hydrogens (primary N) is 3. The second-order valence-electron chi connectivity index (χ2n) is 9.20. The molecule has 0 aliphatic heterocycles. The number of rotatable bonds is 6. The Bertz CT molecular complexity index is 1180. The van der Waals surface area contributed by atoms with E-state index in [1.165, 1.54) is 15.9 Å². The predicted molar refractivity (Wildman–Crippen MR) is 160 cm³/mol. The fourth-order valence-corrected chi connectivity index (χ4v) is 5.80. The summed E-state index contributed by atoms with van der Waals surface area (Å²) in [4.78, 5) is 0. The molecule has 0 bridgehead atoms. The van der Waals surface area contributed by atoms with E-state index >= 15 is 0 Å². The van der Waals surface area contributed by atoms with Gasteiger partial charge in [0.25, 0.3) is 0 Å². The molecular weight excluding hydrogens is 481 g/mol. The lowest BCUT2D eigenvalue weighted by atomic mass is 10.3. The maximum absolute atomic E-state index is 6.16. The van der Waals surface area contributed by atoms with Crippen molar-refractivity contribution in [3.63, 3.8) is 0 Å². The van der Waals surface area contributed by atoms with Gasteiger partial charge in [0.2, 0.25) is 0 Å². The zero-order chi connectivity index (χ0) is 27.1. The molecule has 0 atom stereocenters. The van der Waals surface area contributed by atoms with E-state index in [9.17, 15) is 0 Å². The van der Waals surface area contributed by atoms with Crippen LogP contribution in [0.1, 0.15) is 0 Å². The summed E-state index contributed by atoms with van der Waals surface area (Å²) in [5, 5.41) is 13.4. The van der Waals surface area contributed by atoms with E-state index in [1.807, 2.05) is 74.2 Å². The highest BCUT2D eigenvalue weighted by atomic mass is 31.1. The van der Waals surface area contributed by atoms with Crippen molar-refractivity contribution in [2.45, 2.75) is 0 Å². The van der Waals surface area contributed by atoms with Gasteiger partial charge >= 0.3 is 17.9 Å². The molecule has 0 heterocycles. The van der Waals surface area contributed by atoms with E-state index in [1.54, 1.807) is 0 Å². The molecule has 0 aromatic heterocycles. The van der Waals surface area contributed by atoms with Gasteiger partial charge in [0.15, 0.2) is 0 Å². The molecular formula is C27H39N9P+3. The van der Waals surface area contributed by atoms with Crippen LogP contribution in [0, 0.1) is 0 Å². The zero-order valence-electron chi connectivity index (χ0n) is 22.4. The fraction of sp³-hybridized carbons (Fsp3) is 0.222. The van der Waals surface area contributed by atoms with E-state index in [2.05, 4.69) is 70.5 Å². The summed E-state index contributed by atoms with van der Waals surface area (Å²) >= 11 is 0. The van der Waals surface area contributed by atoms with Gasteiger partial charge in [-0.3, -0.25) is 30.9 Å². The highest BCUT2D eigenvalue weighted by molar-refractivity contribution is 7.79. The third kappa shape index (κ3) is 7.44. The van der Waals surface area contributed by atoms with Gasteiger partial charge in [-0.2, -0.15) is 0 Å². The third-order valence-corrected chi connectivity index (χ3v) is 7.96. The van der Waals surface area contributed by atoms with E-state index in [-0.39, 0.29) is 0 Å². The molecule has 0 spiro atoms. The molecule has 10 heteroatoms. The summed E-state index contributed by atoms with van der Waals surface area (Å²) in [5.41, 5.74) is 21.3. The van der Waals surface area contributed by atoms with Crippen LogP contribution in [0.15, 0.2) is 72.8 Å². The second-order valence-corrected chi connectivity index (χ2v) is 11.4. The van der Waals surface area contributed by atoms with E-state index in [4.69, 9.17) is 17.2 Å². The van der Waals surface area contributed by atoms with E-state index < -0.39 is 7.92 Å². The fourth-order valence-electron chi connectivity index (χ4n) is 3.39. The SMILES string of the molecule is C[N+](C)=C(N)Nc1cccc(P(c2cccc(NC(N)=[N+](C)C)c2)c2cccc(NC(N)=[N+](C)C)c2)c1. The normalized spacial score (nSPS) is 10.5. The van der Waals surface area contributed by atoms with Crippen molar-refractivity contribution in [2.24, 2.45) is 17.2 Å².